The Balaban J connectivity index is 0.00000590. The molecular weight excluding hydrogens is 781 g/mol. The van der Waals surface area contributed by atoms with Crippen molar-refractivity contribution in [2.45, 2.75) is 103 Å². The number of alkyl halides is 2. The third kappa shape index (κ3) is 15.4. The van der Waals surface area contributed by atoms with Gasteiger partial charge >= 0.3 is 24.1 Å². The number of aromatic nitrogens is 1. The Morgan fingerprint density at radius 1 is 0.847 bits per heavy atom. The van der Waals surface area contributed by atoms with Gasteiger partial charge in [0, 0.05) is 35.5 Å². The van der Waals surface area contributed by atoms with Crippen molar-refractivity contribution in [3.63, 3.8) is 0 Å². The molecule has 1 unspecified atom stereocenters. The van der Waals surface area contributed by atoms with Gasteiger partial charge in [-0.15, -0.1) is 0 Å². The van der Waals surface area contributed by atoms with Crippen LogP contribution in [0.3, 0.4) is 0 Å². The van der Waals surface area contributed by atoms with Gasteiger partial charge in [0.2, 0.25) is 5.60 Å². The van der Waals surface area contributed by atoms with E-state index < -0.39 is 82.2 Å². The standard InChI is InChI=1S/C39H46F5N7O6.C2H6/c1-36(2,3)56-34(53)47-20-8-7-9-31(50-35(54)57-37(4,5)6)33(52)55-38(23-51(46)24-49-45,29-18-17-28(41)21-30(29)42)39(43,44)32-19-14-26(22-48-32)11-10-25-12-15-27(40)16-13-25;1-2/h12-19,21-22,24,31H,7-9,20,23,45-46H2,1-6H3,(H,47,53)(H,50,54);1-2H3/b49-24-;/t31-,38?;/m0./s1. The number of unbranched alkanes of at least 4 members (excludes halogenated alkanes) is 1. The number of hydrogen-bond donors (Lipinski definition) is 4. The Bertz CT molecular complexity index is 1940. The fourth-order valence-corrected chi connectivity index (χ4v) is 5.16. The molecule has 2 aromatic carbocycles. The smallest absolute Gasteiger partial charge is 0.408 e. The number of hydrogen-bond acceptors (Lipinski definition) is 10. The molecular formula is C41H52F5N7O6. The van der Waals surface area contributed by atoms with Crippen LogP contribution in [0.25, 0.3) is 0 Å². The molecule has 0 aliphatic rings. The Morgan fingerprint density at radius 2 is 1.42 bits per heavy atom. The minimum Gasteiger partial charge on any atom is -0.444 e. The number of hydrazone groups is 1. The molecule has 6 N–H and O–H groups in total. The number of benzene rings is 2. The lowest BCUT2D eigenvalue weighted by molar-refractivity contribution is -0.231. The molecule has 0 spiro atoms. The first-order valence-corrected chi connectivity index (χ1v) is 18.6. The van der Waals surface area contributed by atoms with E-state index in [1.165, 1.54) is 30.3 Å². The molecule has 2 amide bonds. The minimum absolute atomic E-state index is 0.0718. The summed E-state index contributed by atoms with van der Waals surface area (Å²) in [5, 5.41) is 8.57. The van der Waals surface area contributed by atoms with Crippen molar-refractivity contribution >= 4 is 24.5 Å². The molecule has 0 radical (unpaired) electrons. The maximum absolute atomic E-state index is 17.3. The lowest BCUT2D eigenvalue weighted by Crippen LogP contribution is -2.58. The molecule has 3 aromatic rings. The molecule has 2 atom stereocenters. The number of esters is 1. The normalized spacial score (nSPS) is 13.1. The summed E-state index contributed by atoms with van der Waals surface area (Å²) in [7, 11) is 0. The second kappa shape index (κ2) is 21.7. The number of hydrazine groups is 1. The number of pyridine rings is 1. The average Bonchev–Trinajstić information content (AvgIpc) is 3.13. The zero-order valence-corrected chi connectivity index (χ0v) is 34.3. The van der Waals surface area contributed by atoms with Gasteiger partial charge in [0.1, 0.15) is 46.7 Å². The molecule has 13 nitrogen and oxygen atoms in total. The highest BCUT2D eigenvalue weighted by Crippen LogP contribution is 2.49. The number of halogens is 5. The summed E-state index contributed by atoms with van der Waals surface area (Å²) in [5.74, 6) is 7.48. The average molecular weight is 834 g/mol. The first-order valence-electron chi connectivity index (χ1n) is 18.6. The van der Waals surface area contributed by atoms with Crippen molar-refractivity contribution in [1.29, 1.82) is 0 Å². The third-order valence-corrected chi connectivity index (χ3v) is 7.61. The quantitative estimate of drug-likeness (QED) is 0.0150. The van der Waals surface area contributed by atoms with Crippen LogP contribution < -0.4 is 22.3 Å². The molecule has 0 saturated heterocycles. The van der Waals surface area contributed by atoms with E-state index in [1.54, 1.807) is 41.5 Å². The highest BCUT2D eigenvalue weighted by atomic mass is 19.3. The summed E-state index contributed by atoms with van der Waals surface area (Å²) in [6, 6.07) is 7.15. The largest absolute Gasteiger partial charge is 0.444 e. The summed E-state index contributed by atoms with van der Waals surface area (Å²) in [5.41, 5.74) is -6.79. The molecule has 322 valence electrons. The van der Waals surface area contributed by atoms with E-state index in [2.05, 4.69) is 32.6 Å². The molecule has 59 heavy (non-hydrogen) atoms. The summed E-state index contributed by atoms with van der Waals surface area (Å²) in [4.78, 5) is 43.0. The van der Waals surface area contributed by atoms with E-state index in [0.29, 0.717) is 35.1 Å². The molecule has 1 aromatic heterocycles. The monoisotopic (exact) mass is 833 g/mol. The van der Waals surface area contributed by atoms with E-state index in [1.807, 2.05) is 13.8 Å². The van der Waals surface area contributed by atoms with Crippen molar-refractivity contribution in [2.24, 2.45) is 16.8 Å². The molecule has 0 fully saturated rings. The maximum atomic E-state index is 17.3. The van der Waals surface area contributed by atoms with E-state index >= 15 is 13.2 Å². The van der Waals surface area contributed by atoms with Gasteiger partial charge in [-0.3, -0.25) is 9.99 Å². The first-order chi connectivity index (χ1) is 27.5. The molecule has 0 saturated carbocycles. The topological polar surface area (TPSA) is 183 Å². The fourth-order valence-electron chi connectivity index (χ4n) is 5.16. The lowest BCUT2D eigenvalue weighted by Gasteiger charge is -2.42. The maximum Gasteiger partial charge on any atom is 0.408 e. The molecule has 1 heterocycles. The summed E-state index contributed by atoms with van der Waals surface area (Å²) >= 11 is 0. The predicted octanol–water partition coefficient (Wildman–Crippen LogP) is 7.12. The number of carbonyl (C=O) groups excluding carboxylic acids is 3. The van der Waals surface area contributed by atoms with Gasteiger partial charge in [-0.1, -0.05) is 25.7 Å². The highest BCUT2D eigenvalue weighted by Gasteiger charge is 2.62. The van der Waals surface area contributed by atoms with Crippen LogP contribution in [0.15, 0.2) is 65.9 Å². The highest BCUT2D eigenvalue weighted by molar-refractivity contribution is 5.82. The Kier molecular flexibility index (Phi) is 18.1. The summed E-state index contributed by atoms with van der Waals surface area (Å²) in [6.07, 6.45) is -0.0777. The number of amides is 2. The summed E-state index contributed by atoms with van der Waals surface area (Å²) < 4.78 is 94.1. The third-order valence-electron chi connectivity index (χ3n) is 7.61. The van der Waals surface area contributed by atoms with Gasteiger partial charge in [0.25, 0.3) is 0 Å². The Hall–Kier alpha value is -5.96. The van der Waals surface area contributed by atoms with Crippen LogP contribution in [-0.4, -0.2) is 64.8 Å². The van der Waals surface area contributed by atoms with Crippen molar-refractivity contribution < 1.29 is 50.5 Å². The van der Waals surface area contributed by atoms with Crippen LogP contribution in [0.4, 0.5) is 31.5 Å². The number of carbonyl (C=O) groups is 3. The number of ether oxygens (including phenoxy) is 3. The lowest BCUT2D eigenvalue weighted by atomic mass is 9.83. The van der Waals surface area contributed by atoms with Crippen molar-refractivity contribution in [3.05, 3.63) is 101 Å². The number of nitrogens with one attached hydrogen (secondary N) is 2. The van der Waals surface area contributed by atoms with E-state index in [-0.39, 0.29) is 31.4 Å². The second-order valence-corrected chi connectivity index (χ2v) is 14.7. The number of alkyl carbamates (subject to hydrolysis) is 2. The van der Waals surface area contributed by atoms with Gasteiger partial charge in [-0.05, 0) is 109 Å². The van der Waals surface area contributed by atoms with Gasteiger partial charge in [0.05, 0.1) is 6.54 Å². The molecule has 18 heteroatoms. The van der Waals surface area contributed by atoms with Crippen LogP contribution in [-0.2, 0) is 30.5 Å². The minimum atomic E-state index is -4.49. The van der Waals surface area contributed by atoms with Crippen LogP contribution in [0, 0.1) is 29.3 Å². The van der Waals surface area contributed by atoms with Crippen molar-refractivity contribution in [1.82, 2.24) is 20.6 Å². The zero-order chi connectivity index (χ0) is 44.6. The zero-order valence-electron chi connectivity index (χ0n) is 34.3. The van der Waals surface area contributed by atoms with Crippen LogP contribution >= 0.6 is 0 Å². The van der Waals surface area contributed by atoms with Gasteiger partial charge in [0.15, 0.2) is 0 Å². The van der Waals surface area contributed by atoms with E-state index in [9.17, 15) is 23.2 Å². The second-order valence-electron chi connectivity index (χ2n) is 14.7. The van der Waals surface area contributed by atoms with Gasteiger partial charge in [-0.25, -0.2) is 33.4 Å². The van der Waals surface area contributed by atoms with Crippen LogP contribution in [0.1, 0.15) is 97.0 Å². The number of nitrogens with zero attached hydrogens (tertiary/aromatic N) is 3. The van der Waals surface area contributed by atoms with E-state index in [4.69, 9.17) is 25.9 Å². The Morgan fingerprint density at radius 3 is 1.98 bits per heavy atom. The van der Waals surface area contributed by atoms with Gasteiger partial charge < -0.3 is 30.7 Å². The summed E-state index contributed by atoms with van der Waals surface area (Å²) in [6.45, 7) is 12.5. The molecule has 3 rings (SSSR count). The predicted molar refractivity (Wildman–Crippen MR) is 211 cm³/mol. The SMILES string of the molecule is CC.CC(C)(C)OC(=O)NCCCC[C@H](NC(=O)OC(C)(C)C)C(=O)OC(CN(N)/C=N\N)(c1ccc(F)cc1F)C(F)(F)c1ccc(C#Cc2ccc(F)cc2)cn1. The van der Waals surface area contributed by atoms with Crippen LogP contribution in [0.5, 0.6) is 0 Å². The molecule has 0 aliphatic carbocycles. The van der Waals surface area contributed by atoms with Gasteiger partial charge in [-0.2, -0.15) is 13.9 Å². The fraction of sp³-hybridized carbons (Fsp3) is 0.439. The van der Waals surface area contributed by atoms with Crippen LogP contribution in [0.2, 0.25) is 0 Å². The molecule has 0 aliphatic heterocycles. The van der Waals surface area contributed by atoms with Crippen molar-refractivity contribution in [3.8, 4) is 11.8 Å². The van der Waals surface area contributed by atoms with E-state index in [0.717, 1.165) is 12.3 Å². The Labute approximate surface area is 341 Å². The first kappa shape index (κ1) is 49.2. The number of nitrogens with two attached hydrogens (primary N) is 2. The number of rotatable bonds is 14. The van der Waals surface area contributed by atoms with Crippen molar-refractivity contribution in [2.75, 3.05) is 13.1 Å². The molecule has 0 bridgehead atoms.